The van der Waals surface area contributed by atoms with Gasteiger partial charge in [-0.3, -0.25) is 10.1 Å². The van der Waals surface area contributed by atoms with Gasteiger partial charge in [0.1, 0.15) is 5.82 Å². The van der Waals surface area contributed by atoms with Gasteiger partial charge in [0.05, 0.1) is 17.0 Å². The van der Waals surface area contributed by atoms with E-state index in [1.807, 2.05) is 0 Å². The molecule has 0 aliphatic rings. The zero-order valence-corrected chi connectivity index (χ0v) is 11.6. The predicted octanol–water partition coefficient (Wildman–Crippen LogP) is 3.84. The van der Waals surface area contributed by atoms with Gasteiger partial charge in [-0.1, -0.05) is 12.1 Å². The maximum absolute atomic E-state index is 13.3. The second-order valence-electron chi connectivity index (χ2n) is 4.94. The van der Waals surface area contributed by atoms with Gasteiger partial charge in [0, 0.05) is 17.5 Å². The number of nitro benzene ring substituents is 1. The molecule has 1 N–H and O–H groups in total. The van der Waals surface area contributed by atoms with Crippen LogP contribution < -0.4 is 0 Å². The summed E-state index contributed by atoms with van der Waals surface area (Å²) in [6.07, 6.45) is 0. The summed E-state index contributed by atoms with van der Waals surface area (Å²) in [5.41, 5.74) is 0.463. The Bertz CT molecular complexity index is 936. The zero-order chi connectivity index (χ0) is 16.6. The lowest BCUT2D eigenvalue weighted by Crippen LogP contribution is -1.99. The van der Waals surface area contributed by atoms with Crippen molar-refractivity contribution in [2.24, 2.45) is 5.18 Å². The number of hydrogen-bond acceptors (Lipinski definition) is 5. The molecule has 0 amide bonds. The smallest absolute Gasteiger partial charge is 0.270 e. The van der Waals surface area contributed by atoms with E-state index in [-0.39, 0.29) is 23.3 Å². The van der Waals surface area contributed by atoms with Crippen molar-refractivity contribution in [1.29, 1.82) is 0 Å². The molecule has 1 heterocycles. The molecular formula is C15H10FN3O4. The third-order valence-electron chi connectivity index (χ3n) is 3.53. The summed E-state index contributed by atoms with van der Waals surface area (Å²) < 4.78 is 14.6. The van der Waals surface area contributed by atoms with Gasteiger partial charge in [-0.25, -0.2) is 4.39 Å². The number of aromatic hydroxyl groups is 1. The Morgan fingerprint density at radius 1 is 1.26 bits per heavy atom. The van der Waals surface area contributed by atoms with E-state index in [1.165, 1.54) is 41.0 Å². The Morgan fingerprint density at radius 3 is 2.70 bits per heavy atom. The number of fused-ring (bicyclic) bond motifs is 1. The van der Waals surface area contributed by atoms with Crippen LogP contribution in [0.4, 0.5) is 15.8 Å². The van der Waals surface area contributed by atoms with Crippen LogP contribution in [0.5, 0.6) is 5.88 Å². The predicted molar refractivity (Wildman–Crippen MR) is 81.2 cm³/mol. The average Bonchev–Trinajstić information content (AvgIpc) is 2.78. The van der Waals surface area contributed by atoms with Crippen LogP contribution in [0.3, 0.4) is 0 Å². The van der Waals surface area contributed by atoms with Gasteiger partial charge in [-0.05, 0) is 28.9 Å². The second-order valence-corrected chi connectivity index (χ2v) is 4.94. The van der Waals surface area contributed by atoms with E-state index < -0.39 is 16.6 Å². The van der Waals surface area contributed by atoms with Crippen molar-refractivity contribution in [1.82, 2.24) is 4.57 Å². The normalized spacial score (nSPS) is 10.8. The summed E-state index contributed by atoms with van der Waals surface area (Å²) in [4.78, 5) is 21.2. The first kappa shape index (κ1) is 14.6. The second kappa shape index (κ2) is 5.48. The van der Waals surface area contributed by atoms with E-state index in [2.05, 4.69) is 5.18 Å². The molecule has 0 bridgehead atoms. The van der Waals surface area contributed by atoms with Gasteiger partial charge in [0.2, 0.25) is 5.88 Å². The maximum Gasteiger partial charge on any atom is 0.270 e. The molecular weight excluding hydrogens is 305 g/mol. The van der Waals surface area contributed by atoms with E-state index in [0.717, 1.165) is 0 Å². The van der Waals surface area contributed by atoms with Crippen LogP contribution in [0.15, 0.2) is 47.6 Å². The van der Waals surface area contributed by atoms with Gasteiger partial charge < -0.3 is 9.67 Å². The standard InChI is InChI=1S/C15H10FN3O4/c16-10-3-1-2-9(6-10)8-18-13-5-4-11(19(22)23)7-12(13)14(17-21)15(18)20/h1-7,20H,8H2. The van der Waals surface area contributed by atoms with Crippen molar-refractivity contribution in [3.63, 3.8) is 0 Å². The molecule has 2 aromatic carbocycles. The minimum Gasteiger partial charge on any atom is -0.493 e. The van der Waals surface area contributed by atoms with E-state index in [4.69, 9.17) is 0 Å². The Morgan fingerprint density at radius 2 is 2.04 bits per heavy atom. The highest BCUT2D eigenvalue weighted by Crippen LogP contribution is 2.40. The average molecular weight is 315 g/mol. The van der Waals surface area contributed by atoms with Crippen LogP contribution >= 0.6 is 0 Å². The number of hydrogen-bond donors (Lipinski definition) is 1. The molecule has 3 aromatic rings. The number of nitro groups is 1. The molecule has 0 atom stereocenters. The Hall–Kier alpha value is -3.29. The summed E-state index contributed by atoms with van der Waals surface area (Å²) >= 11 is 0. The Balaban J connectivity index is 2.18. The molecule has 0 saturated carbocycles. The monoisotopic (exact) mass is 315 g/mol. The number of aromatic nitrogens is 1. The molecule has 1 aromatic heterocycles. The van der Waals surface area contributed by atoms with Crippen LogP contribution in [0, 0.1) is 20.8 Å². The summed E-state index contributed by atoms with van der Waals surface area (Å²) in [6, 6.07) is 9.63. The Labute approximate surface area is 128 Å². The molecule has 0 saturated heterocycles. The van der Waals surface area contributed by atoms with Crippen LogP contribution in [0.25, 0.3) is 10.9 Å². The molecule has 0 unspecified atom stereocenters. The Kier molecular flexibility index (Phi) is 3.49. The van der Waals surface area contributed by atoms with Crippen molar-refractivity contribution in [3.8, 4) is 5.88 Å². The van der Waals surface area contributed by atoms with E-state index in [0.29, 0.717) is 11.1 Å². The van der Waals surface area contributed by atoms with Crippen molar-refractivity contribution in [3.05, 3.63) is 68.9 Å². The highest BCUT2D eigenvalue weighted by molar-refractivity contribution is 5.96. The first-order valence-corrected chi connectivity index (χ1v) is 6.58. The molecule has 0 fully saturated rings. The van der Waals surface area contributed by atoms with Crippen LogP contribution in [0.1, 0.15) is 5.56 Å². The maximum atomic E-state index is 13.3. The number of nitrogens with zero attached hydrogens (tertiary/aromatic N) is 3. The lowest BCUT2D eigenvalue weighted by Gasteiger charge is -2.07. The quantitative estimate of drug-likeness (QED) is 0.449. The highest BCUT2D eigenvalue weighted by atomic mass is 19.1. The molecule has 0 aliphatic carbocycles. The van der Waals surface area contributed by atoms with Crippen LogP contribution in [-0.4, -0.2) is 14.6 Å². The van der Waals surface area contributed by atoms with E-state index >= 15 is 0 Å². The van der Waals surface area contributed by atoms with E-state index in [1.54, 1.807) is 6.07 Å². The summed E-state index contributed by atoms with van der Waals surface area (Å²) in [5, 5.41) is 24.0. The zero-order valence-electron chi connectivity index (χ0n) is 11.6. The van der Waals surface area contributed by atoms with Crippen LogP contribution in [-0.2, 0) is 6.54 Å². The topological polar surface area (TPSA) is 97.7 Å². The minimum atomic E-state index is -0.602. The number of nitroso groups, excluding NO2 is 1. The lowest BCUT2D eigenvalue weighted by atomic mass is 10.2. The van der Waals surface area contributed by atoms with Crippen LogP contribution in [0.2, 0.25) is 0 Å². The SMILES string of the molecule is O=Nc1c(O)n(Cc2cccc(F)c2)c2ccc([N+](=O)[O-])cc12. The van der Waals surface area contributed by atoms with Gasteiger partial charge in [-0.15, -0.1) is 4.91 Å². The summed E-state index contributed by atoms with van der Waals surface area (Å²) in [5.74, 6) is -0.845. The number of benzene rings is 2. The fraction of sp³-hybridized carbons (Fsp3) is 0.0667. The largest absolute Gasteiger partial charge is 0.493 e. The minimum absolute atomic E-state index is 0.0907. The number of rotatable bonds is 4. The molecule has 0 radical (unpaired) electrons. The summed E-state index contributed by atoms with van der Waals surface area (Å²) in [7, 11) is 0. The van der Waals surface area contributed by atoms with Gasteiger partial charge in [-0.2, -0.15) is 0 Å². The van der Waals surface area contributed by atoms with Gasteiger partial charge >= 0.3 is 0 Å². The van der Waals surface area contributed by atoms with E-state index in [9.17, 15) is 24.5 Å². The molecule has 0 aliphatic heterocycles. The third-order valence-corrected chi connectivity index (χ3v) is 3.53. The molecule has 3 rings (SSSR count). The molecule has 0 spiro atoms. The van der Waals surface area contributed by atoms with Crippen molar-refractivity contribution < 1.29 is 14.4 Å². The third kappa shape index (κ3) is 2.50. The lowest BCUT2D eigenvalue weighted by molar-refractivity contribution is -0.384. The van der Waals surface area contributed by atoms with Gasteiger partial charge in [0.15, 0.2) is 5.69 Å². The molecule has 7 nitrogen and oxygen atoms in total. The molecule has 8 heteroatoms. The number of non-ortho nitro benzene ring substituents is 1. The van der Waals surface area contributed by atoms with Crippen molar-refractivity contribution in [2.75, 3.05) is 0 Å². The number of halogens is 1. The fourth-order valence-corrected chi connectivity index (χ4v) is 2.49. The molecule has 116 valence electrons. The first-order valence-electron chi connectivity index (χ1n) is 6.58. The first-order chi connectivity index (χ1) is 11.0. The highest BCUT2D eigenvalue weighted by Gasteiger charge is 2.20. The van der Waals surface area contributed by atoms with Crippen molar-refractivity contribution >= 4 is 22.3 Å². The summed E-state index contributed by atoms with van der Waals surface area (Å²) in [6.45, 7) is 0.0907. The fourth-order valence-electron chi connectivity index (χ4n) is 2.49. The van der Waals surface area contributed by atoms with Gasteiger partial charge in [0.25, 0.3) is 5.69 Å². The van der Waals surface area contributed by atoms with Crippen molar-refractivity contribution in [2.45, 2.75) is 6.54 Å². The molecule has 23 heavy (non-hydrogen) atoms.